The van der Waals surface area contributed by atoms with E-state index in [1.54, 1.807) is 0 Å². The summed E-state index contributed by atoms with van der Waals surface area (Å²) in [5.74, 6) is 1.77. The first-order valence-electron chi connectivity index (χ1n) is 7.64. The first kappa shape index (κ1) is 13.2. The van der Waals surface area contributed by atoms with E-state index in [1.165, 1.54) is 0 Å². The van der Waals surface area contributed by atoms with Gasteiger partial charge >= 0.3 is 0 Å². The zero-order chi connectivity index (χ0) is 14.9. The molecule has 0 aliphatic carbocycles. The van der Waals surface area contributed by atoms with Crippen LogP contribution in [0.1, 0.15) is 6.42 Å². The molecule has 4 nitrogen and oxygen atoms in total. The topological polar surface area (TPSA) is 55.0 Å². The van der Waals surface area contributed by atoms with E-state index in [9.17, 15) is 0 Å². The number of aromatic nitrogens is 2. The van der Waals surface area contributed by atoms with Gasteiger partial charge < -0.3 is 10.6 Å². The Hall–Kier alpha value is -2.46. The lowest BCUT2D eigenvalue weighted by Crippen LogP contribution is -2.27. The van der Waals surface area contributed by atoms with Gasteiger partial charge in [-0.3, -0.25) is 0 Å². The molecular formula is C18H18N4. The Balaban J connectivity index is 1.90. The van der Waals surface area contributed by atoms with Crippen molar-refractivity contribution in [2.45, 2.75) is 12.5 Å². The zero-order valence-corrected chi connectivity index (χ0v) is 12.3. The standard InChI is InChI=1S/C18H18N4/c19-14-10-11-22(12-14)18-15-8-4-5-9-16(15)20-17(21-18)13-6-2-1-3-7-13/h1-9,14H,10-12,19H2/t14-/m1/s1. The van der Waals surface area contributed by atoms with Crippen LogP contribution >= 0.6 is 0 Å². The van der Waals surface area contributed by atoms with Crippen LogP contribution in [0.4, 0.5) is 5.82 Å². The maximum atomic E-state index is 6.07. The Morgan fingerprint density at radius 1 is 0.955 bits per heavy atom. The molecule has 1 atom stereocenters. The molecular weight excluding hydrogens is 272 g/mol. The molecule has 1 aromatic heterocycles. The van der Waals surface area contributed by atoms with Crippen LogP contribution in [0.3, 0.4) is 0 Å². The summed E-state index contributed by atoms with van der Waals surface area (Å²) in [5, 5.41) is 1.09. The minimum absolute atomic E-state index is 0.230. The van der Waals surface area contributed by atoms with Gasteiger partial charge in [0, 0.05) is 30.1 Å². The summed E-state index contributed by atoms with van der Waals surface area (Å²) in [4.78, 5) is 11.9. The van der Waals surface area contributed by atoms with Crippen LogP contribution in [-0.4, -0.2) is 29.1 Å². The molecule has 4 rings (SSSR count). The van der Waals surface area contributed by atoms with Crippen LogP contribution in [0.5, 0.6) is 0 Å². The third-order valence-electron chi connectivity index (χ3n) is 4.14. The Morgan fingerprint density at radius 3 is 2.50 bits per heavy atom. The second kappa shape index (κ2) is 5.39. The van der Waals surface area contributed by atoms with Crippen molar-refractivity contribution in [1.82, 2.24) is 9.97 Å². The van der Waals surface area contributed by atoms with Gasteiger partial charge in [-0.05, 0) is 18.6 Å². The number of fused-ring (bicyclic) bond motifs is 1. The number of anilines is 1. The van der Waals surface area contributed by atoms with Crippen LogP contribution in [-0.2, 0) is 0 Å². The fourth-order valence-electron chi connectivity index (χ4n) is 3.00. The van der Waals surface area contributed by atoms with Crippen molar-refractivity contribution in [1.29, 1.82) is 0 Å². The molecule has 0 bridgehead atoms. The van der Waals surface area contributed by atoms with E-state index in [4.69, 9.17) is 15.7 Å². The molecule has 22 heavy (non-hydrogen) atoms. The Labute approximate surface area is 129 Å². The third-order valence-corrected chi connectivity index (χ3v) is 4.14. The van der Waals surface area contributed by atoms with E-state index < -0.39 is 0 Å². The quantitative estimate of drug-likeness (QED) is 0.788. The molecule has 4 heteroatoms. The predicted molar refractivity (Wildman–Crippen MR) is 89.8 cm³/mol. The maximum Gasteiger partial charge on any atom is 0.162 e. The molecule has 2 heterocycles. The number of hydrogen-bond donors (Lipinski definition) is 1. The van der Waals surface area contributed by atoms with Gasteiger partial charge in [0.1, 0.15) is 5.82 Å². The van der Waals surface area contributed by atoms with E-state index in [0.29, 0.717) is 0 Å². The van der Waals surface area contributed by atoms with Crippen molar-refractivity contribution in [2.24, 2.45) is 5.73 Å². The first-order valence-corrected chi connectivity index (χ1v) is 7.64. The molecule has 110 valence electrons. The minimum Gasteiger partial charge on any atom is -0.354 e. The monoisotopic (exact) mass is 290 g/mol. The Bertz CT molecular complexity index is 801. The lowest BCUT2D eigenvalue weighted by molar-refractivity contribution is 0.751. The third kappa shape index (κ3) is 2.31. The molecule has 1 saturated heterocycles. The highest BCUT2D eigenvalue weighted by molar-refractivity contribution is 5.91. The van der Waals surface area contributed by atoms with Crippen LogP contribution in [0.2, 0.25) is 0 Å². The maximum absolute atomic E-state index is 6.07. The minimum atomic E-state index is 0.230. The molecule has 0 radical (unpaired) electrons. The molecule has 1 aliphatic heterocycles. The first-order chi connectivity index (χ1) is 10.8. The number of rotatable bonds is 2. The van der Waals surface area contributed by atoms with Gasteiger partial charge in [0.25, 0.3) is 0 Å². The number of benzene rings is 2. The average Bonchev–Trinajstić information content (AvgIpc) is 3.01. The number of nitrogens with two attached hydrogens (primary N) is 1. The van der Waals surface area contributed by atoms with Crippen LogP contribution in [0.25, 0.3) is 22.3 Å². The highest BCUT2D eigenvalue weighted by Gasteiger charge is 2.23. The van der Waals surface area contributed by atoms with Crippen molar-refractivity contribution in [2.75, 3.05) is 18.0 Å². The summed E-state index contributed by atoms with van der Waals surface area (Å²) in [6, 6.07) is 18.5. The summed E-state index contributed by atoms with van der Waals surface area (Å²) in [5.41, 5.74) is 8.09. The van der Waals surface area contributed by atoms with Gasteiger partial charge in [0.15, 0.2) is 5.82 Å². The van der Waals surface area contributed by atoms with Gasteiger partial charge in [-0.1, -0.05) is 42.5 Å². The summed E-state index contributed by atoms with van der Waals surface area (Å²) >= 11 is 0. The molecule has 0 unspecified atom stereocenters. The largest absolute Gasteiger partial charge is 0.354 e. The van der Waals surface area contributed by atoms with Crippen molar-refractivity contribution >= 4 is 16.7 Å². The van der Waals surface area contributed by atoms with Crippen molar-refractivity contribution < 1.29 is 0 Å². The summed E-state index contributed by atoms with van der Waals surface area (Å²) < 4.78 is 0. The van der Waals surface area contributed by atoms with Crippen molar-refractivity contribution in [3.63, 3.8) is 0 Å². The van der Waals surface area contributed by atoms with Gasteiger partial charge in [-0.15, -0.1) is 0 Å². The van der Waals surface area contributed by atoms with Crippen molar-refractivity contribution in [3.8, 4) is 11.4 Å². The fraction of sp³-hybridized carbons (Fsp3) is 0.222. The Morgan fingerprint density at radius 2 is 1.73 bits per heavy atom. The second-order valence-corrected chi connectivity index (χ2v) is 5.75. The predicted octanol–water partition coefficient (Wildman–Crippen LogP) is 2.83. The van der Waals surface area contributed by atoms with Crippen LogP contribution in [0.15, 0.2) is 54.6 Å². The average molecular weight is 290 g/mol. The van der Waals surface area contributed by atoms with Gasteiger partial charge in [-0.25, -0.2) is 9.97 Å². The molecule has 0 spiro atoms. The highest BCUT2D eigenvalue weighted by atomic mass is 15.2. The van der Waals surface area contributed by atoms with Gasteiger partial charge in [0.05, 0.1) is 5.52 Å². The van der Waals surface area contributed by atoms with E-state index >= 15 is 0 Å². The molecule has 0 amide bonds. The SMILES string of the molecule is N[C@@H]1CCN(c2nc(-c3ccccc3)nc3ccccc23)C1. The molecule has 1 fully saturated rings. The van der Waals surface area contributed by atoms with Gasteiger partial charge in [-0.2, -0.15) is 0 Å². The lowest BCUT2D eigenvalue weighted by atomic mass is 10.2. The number of para-hydroxylation sites is 1. The van der Waals surface area contributed by atoms with Crippen LogP contribution in [0, 0.1) is 0 Å². The zero-order valence-electron chi connectivity index (χ0n) is 12.3. The second-order valence-electron chi connectivity index (χ2n) is 5.75. The summed E-state index contributed by atoms with van der Waals surface area (Å²) in [6.07, 6.45) is 1.01. The summed E-state index contributed by atoms with van der Waals surface area (Å²) in [7, 11) is 0. The Kier molecular flexibility index (Phi) is 3.24. The molecule has 3 aromatic rings. The molecule has 2 aromatic carbocycles. The lowest BCUT2D eigenvalue weighted by Gasteiger charge is -2.19. The smallest absolute Gasteiger partial charge is 0.162 e. The van der Waals surface area contributed by atoms with Gasteiger partial charge in [0.2, 0.25) is 0 Å². The van der Waals surface area contributed by atoms with E-state index in [1.807, 2.05) is 48.5 Å². The fourth-order valence-corrected chi connectivity index (χ4v) is 3.00. The van der Waals surface area contributed by atoms with E-state index in [2.05, 4.69) is 11.0 Å². The normalized spacial score (nSPS) is 18.0. The van der Waals surface area contributed by atoms with Crippen LogP contribution < -0.4 is 10.6 Å². The summed E-state index contributed by atoms with van der Waals surface area (Å²) in [6.45, 7) is 1.81. The van der Waals surface area contributed by atoms with Crippen molar-refractivity contribution in [3.05, 3.63) is 54.6 Å². The van der Waals surface area contributed by atoms with E-state index in [0.717, 1.165) is 47.6 Å². The highest BCUT2D eigenvalue weighted by Crippen LogP contribution is 2.29. The number of nitrogens with zero attached hydrogens (tertiary/aromatic N) is 3. The molecule has 2 N–H and O–H groups in total. The molecule has 0 saturated carbocycles. The molecule has 1 aliphatic rings. The van der Waals surface area contributed by atoms with E-state index in [-0.39, 0.29) is 6.04 Å². The number of hydrogen-bond acceptors (Lipinski definition) is 4.